The molecule has 1 aliphatic rings. The van der Waals surface area contributed by atoms with Gasteiger partial charge >= 0.3 is 6.09 Å². The summed E-state index contributed by atoms with van der Waals surface area (Å²) in [6.07, 6.45) is 3.09. The van der Waals surface area contributed by atoms with Crippen molar-refractivity contribution in [1.29, 1.82) is 0 Å². The molecular weight excluding hydrogens is 392 g/mol. The number of fused-ring (bicyclic) bond motifs is 2. The van der Waals surface area contributed by atoms with Crippen molar-refractivity contribution in [3.63, 3.8) is 0 Å². The number of aromatic amines is 2. The summed E-state index contributed by atoms with van der Waals surface area (Å²) in [6.45, 7) is 5.92. The van der Waals surface area contributed by atoms with E-state index in [0.717, 1.165) is 4.57 Å². The Morgan fingerprint density at radius 1 is 0.933 bits per heavy atom. The molecule has 158 valence electrons. The maximum atomic E-state index is 13.0. The first-order valence-electron chi connectivity index (χ1n) is 9.72. The predicted octanol–water partition coefficient (Wildman–Crippen LogP) is 0.901. The van der Waals surface area contributed by atoms with Crippen LogP contribution in [-0.2, 0) is 4.74 Å². The fourth-order valence-corrected chi connectivity index (χ4v) is 3.94. The monoisotopic (exact) mass is 414 g/mol. The number of hydrogen-bond acceptors (Lipinski definition) is 6. The maximum absolute atomic E-state index is 13.0. The van der Waals surface area contributed by atoms with Gasteiger partial charge in [-0.2, -0.15) is 0 Å². The maximum Gasteiger partial charge on any atom is 0.410 e. The number of H-pyrrole nitrogens is 2. The summed E-state index contributed by atoms with van der Waals surface area (Å²) >= 11 is 0. The minimum absolute atomic E-state index is 0.0380. The Morgan fingerprint density at radius 3 is 1.83 bits per heavy atom. The Bertz CT molecular complexity index is 1290. The number of ether oxygens (including phenoxy) is 1. The molecule has 4 rings (SSSR count). The van der Waals surface area contributed by atoms with Crippen molar-refractivity contribution < 1.29 is 9.53 Å². The van der Waals surface area contributed by atoms with E-state index in [1.54, 1.807) is 20.8 Å². The molecule has 0 unspecified atom stereocenters. The van der Waals surface area contributed by atoms with Gasteiger partial charge in [-0.3, -0.25) is 23.7 Å². The number of amides is 1. The number of carbonyl (C=O) groups is 1. The quantitative estimate of drug-likeness (QED) is 0.608. The van der Waals surface area contributed by atoms with Crippen LogP contribution in [0.5, 0.6) is 0 Å². The molecule has 0 atom stereocenters. The van der Waals surface area contributed by atoms with Crippen LogP contribution in [0.3, 0.4) is 0 Å². The van der Waals surface area contributed by atoms with E-state index in [1.807, 2.05) is 0 Å². The number of carbonyl (C=O) groups excluding carboxylic acids is 1. The second-order valence-corrected chi connectivity index (χ2v) is 8.46. The first-order valence-corrected chi connectivity index (χ1v) is 9.72. The van der Waals surface area contributed by atoms with Gasteiger partial charge in [-0.05, 0) is 33.6 Å². The summed E-state index contributed by atoms with van der Waals surface area (Å²) in [5.41, 5.74) is -3.57. The Labute approximate surface area is 169 Å². The number of nitrogens with one attached hydrogen (secondary N) is 2. The molecule has 10 heteroatoms. The molecule has 1 saturated heterocycles. The molecule has 0 radical (unpaired) electrons. The minimum atomic E-state index is -0.757. The average Bonchev–Trinajstić information content (AvgIpc) is 2.96. The number of piperidine rings is 1. The smallest absolute Gasteiger partial charge is 0.410 e. The molecule has 3 heterocycles. The van der Waals surface area contributed by atoms with Crippen LogP contribution in [0.25, 0.3) is 21.8 Å². The average molecular weight is 414 g/mol. The highest BCUT2D eigenvalue weighted by Crippen LogP contribution is 2.22. The highest BCUT2D eigenvalue weighted by Gasteiger charge is 2.31. The van der Waals surface area contributed by atoms with E-state index < -0.39 is 39.7 Å². The van der Waals surface area contributed by atoms with Gasteiger partial charge in [0.05, 0.1) is 0 Å². The minimum Gasteiger partial charge on any atom is -0.444 e. The zero-order chi connectivity index (χ0) is 21.8. The van der Waals surface area contributed by atoms with E-state index >= 15 is 0 Å². The van der Waals surface area contributed by atoms with Crippen LogP contribution in [-0.4, -0.2) is 44.2 Å². The summed E-state index contributed by atoms with van der Waals surface area (Å²) in [5, 5.41) is -0.772. The number of likely N-dealkylation sites (tertiary alicyclic amines) is 1. The van der Waals surface area contributed by atoms with Crippen molar-refractivity contribution in [3.8, 4) is 0 Å². The van der Waals surface area contributed by atoms with Gasteiger partial charge in [0.25, 0.3) is 11.1 Å². The molecular formula is C20H22N4O6. The largest absolute Gasteiger partial charge is 0.444 e. The third-order valence-corrected chi connectivity index (χ3v) is 5.29. The van der Waals surface area contributed by atoms with Crippen LogP contribution < -0.4 is 22.0 Å². The number of aromatic nitrogens is 3. The number of benzene rings is 1. The van der Waals surface area contributed by atoms with Crippen molar-refractivity contribution in [2.45, 2.75) is 45.3 Å². The molecule has 0 bridgehead atoms. The summed E-state index contributed by atoms with van der Waals surface area (Å²) in [5.74, 6) is 0. The van der Waals surface area contributed by atoms with Gasteiger partial charge in [0.1, 0.15) is 27.4 Å². The molecule has 1 amide bonds. The summed E-state index contributed by atoms with van der Waals surface area (Å²) < 4.78 is 6.36. The van der Waals surface area contributed by atoms with Gasteiger partial charge in [-0.1, -0.05) is 0 Å². The van der Waals surface area contributed by atoms with Gasteiger partial charge in [0.15, 0.2) is 0 Å². The second-order valence-electron chi connectivity index (χ2n) is 8.46. The Hall–Kier alpha value is -3.43. The molecule has 30 heavy (non-hydrogen) atoms. The molecule has 1 fully saturated rings. The van der Waals surface area contributed by atoms with Crippen LogP contribution in [0, 0.1) is 0 Å². The summed E-state index contributed by atoms with van der Waals surface area (Å²) in [4.78, 5) is 70.6. The summed E-state index contributed by atoms with van der Waals surface area (Å²) in [7, 11) is 0. The molecule has 1 aromatic carbocycles. The van der Waals surface area contributed by atoms with Crippen LogP contribution >= 0.6 is 0 Å². The normalized spacial score (nSPS) is 15.8. The first-order chi connectivity index (χ1) is 14.1. The number of nitrogens with zero attached hydrogens (tertiary/aromatic N) is 2. The lowest BCUT2D eigenvalue weighted by Crippen LogP contribution is -2.44. The van der Waals surface area contributed by atoms with Crippen molar-refractivity contribution in [3.05, 3.63) is 53.5 Å². The third-order valence-electron chi connectivity index (χ3n) is 5.29. The Kier molecular flexibility index (Phi) is 4.52. The fourth-order valence-electron chi connectivity index (χ4n) is 3.94. The van der Waals surface area contributed by atoms with Gasteiger partial charge < -0.3 is 19.6 Å². The fraction of sp³-hybridized carbons (Fsp3) is 0.450. The van der Waals surface area contributed by atoms with Crippen molar-refractivity contribution in [2.75, 3.05) is 13.1 Å². The standard InChI is InChI=1S/C20H22N4O6/c1-20(2,3)30-19(29)23-8-4-10(5-9-23)24-17(27)11-12(18(24)28)16(26)14-13(15(11)25)21-6-7-22-14/h6-7,10,21-22H,4-5,8-9H2,1-3H3. The Morgan fingerprint density at radius 2 is 1.40 bits per heavy atom. The molecule has 0 saturated carbocycles. The van der Waals surface area contributed by atoms with Crippen molar-refractivity contribution in [1.82, 2.24) is 19.4 Å². The van der Waals surface area contributed by atoms with Gasteiger partial charge in [0.2, 0.25) is 10.9 Å². The first kappa shape index (κ1) is 19.9. The number of hydrogen-bond donors (Lipinski definition) is 2. The Balaban J connectivity index is 1.74. The molecule has 0 spiro atoms. The lowest BCUT2D eigenvalue weighted by Gasteiger charge is -2.33. The van der Waals surface area contributed by atoms with E-state index in [0.29, 0.717) is 25.9 Å². The van der Waals surface area contributed by atoms with Crippen LogP contribution in [0.4, 0.5) is 4.79 Å². The molecule has 2 aromatic heterocycles. The summed E-state index contributed by atoms with van der Waals surface area (Å²) in [6, 6.07) is -0.508. The van der Waals surface area contributed by atoms with Crippen LogP contribution in [0.15, 0.2) is 31.6 Å². The molecule has 0 aliphatic carbocycles. The molecule has 1 aliphatic heterocycles. The van der Waals surface area contributed by atoms with E-state index in [9.17, 15) is 24.0 Å². The van der Waals surface area contributed by atoms with Gasteiger partial charge in [-0.25, -0.2) is 4.79 Å². The van der Waals surface area contributed by atoms with Crippen molar-refractivity contribution >= 4 is 27.9 Å². The van der Waals surface area contributed by atoms with E-state index in [-0.39, 0.29) is 21.8 Å². The van der Waals surface area contributed by atoms with Crippen molar-refractivity contribution in [2.24, 2.45) is 0 Å². The lowest BCUT2D eigenvalue weighted by molar-refractivity contribution is 0.0187. The van der Waals surface area contributed by atoms with Gasteiger partial charge in [-0.15, -0.1) is 0 Å². The predicted molar refractivity (Wildman–Crippen MR) is 110 cm³/mol. The second kappa shape index (κ2) is 6.82. The van der Waals surface area contributed by atoms with Crippen LogP contribution in [0.1, 0.15) is 39.7 Å². The SMILES string of the molecule is CC(C)(C)OC(=O)N1CCC(n2c(=O)c3c(=O)c4[nH]cc[nH]c4c(=O)c3c2=O)CC1. The molecule has 2 N–H and O–H groups in total. The third kappa shape index (κ3) is 3.08. The van der Waals surface area contributed by atoms with E-state index in [1.165, 1.54) is 17.3 Å². The lowest BCUT2D eigenvalue weighted by atomic mass is 10.1. The molecule has 3 aromatic rings. The van der Waals surface area contributed by atoms with Gasteiger partial charge in [0, 0.05) is 31.5 Å². The highest BCUT2D eigenvalue weighted by molar-refractivity contribution is 5.94. The highest BCUT2D eigenvalue weighted by atomic mass is 16.6. The van der Waals surface area contributed by atoms with E-state index in [2.05, 4.69) is 9.97 Å². The zero-order valence-electron chi connectivity index (χ0n) is 16.9. The molecule has 10 nitrogen and oxygen atoms in total. The van der Waals surface area contributed by atoms with E-state index in [4.69, 9.17) is 4.74 Å². The van der Waals surface area contributed by atoms with Crippen LogP contribution in [0.2, 0.25) is 0 Å². The topological polar surface area (TPSA) is 134 Å². The zero-order valence-corrected chi connectivity index (χ0v) is 16.9. The number of rotatable bonds is 1.